The Morgan fingerprint density at radius 3 is 2.15 bits per heavy atom. The van der Waals surface area contributed by atoms with Gasteiger partial charge < -0.3 is 30.5 Å². The molecule has 3 aromatic rings. The summed E-state index contributed by atoms with van der Waals surface area (Å²) in [5, 5.41) is 15.5. The Bertz CT molecular complexity index is 2090. The van der Waals surface area contributed by atoms with Gasteiger partial charge in [0.2, 0.25) is 17.7 Å². The molecule has 2 aliphatic heterocycles. The molecule has 336 valence electrons. The molecule has 0 aliphatic carbocycles. The highest BCUT2D eigenvalue weighted by molar-refractivity contribution is 7.99. The average Bonchev–Trinajstić information content (AvgIpc) is 3.89. The van der Waals surface area contributed by atoms with Crippen LogP contribution in [0.2, 0.25) is 0 Å². The van der Waals surface area contributed by atoms with E-state index < -0.39 is 71.6 Å². The summed E-state index contributed by atoms with van der Waals surface area (Å²) in [6, 6.07) is 14.1. The van der Waals surface area contributed by atoms with E-state index in [-0.39, 0.29) is 55.7 Å². The van der Waals surface area contributed by atoms with E-state index in [1.54, 1.807) is 17.2 Å². The number of carbonyl (C=O) groups is 6. The van der Waals surface area contributed by atoms with E-state index in [1.165, 1.54) is 11.8 Å². The number of nitrogens with zero attached hydrogens (tertiary/aromatic N) is 3. The first-order valence-electron chi connectivity index (χ1n) is 19.4. The van der Waals surface area contributed by atoms with Gasteiger partial charge in [0.15, 0.2) is 0 Å². The molecule has 62 heavy (non-hydrogen) atoms. The number of rotatable bonds is 17. The fourth-order valence-corrected chi connectivity index (χ4v) is 7.60. The van der Waals surface area contributed by atoms with Crippen molar-refractivity contribution in [3.8, 4) is 11.1 Å². The van der Waals surface area contributed by atoms with Crippen molar-refractivity contribution in [2.75, 3.05) is 50.8 Å². The standard InChI is InChI=1S/C40H47F3N6O5S.C2HF3O2/c1-40(2,3)39(33-17-27(30-18-29(41)9-10-31(30)42)22-47(33)21-26-7-5-4-6-8-26)49(23-28-19-44-20-32(28)43)38(54)25-55-16-13-34(50)45-14-15-46-35(51)24-48-36(52)11-12-37(48)53;3-2(4,5)1(6)7/h4-12,17-18,22,28,32,39,44H,13-16,19-21,23-25H2,1-3H3,(H,45,50)(H,46,51);(H,6,7)/t28-,32-,39?;/m0./s1. The van der Waals surface area contributed by atoms with Crippen molar-refractivity contribution >= 4 is 47.3 Å². The molecule has 1 aromatic heterocycles. The van der Waals surface area contributed by atoms with E-state index in [9.17, 15) is 41.5 Å². The van der Waals surface area contributed by atoms with Crippen LogP contribution in [0.15, 0.2) is 72.9 Å². The van der Waals surface area contributed by atoms with Crippen LogP contribution in [0.4, 0.5) is 26.3 Å². The van der Waals surface area contributed by atoms with Crippen molar-refractivity contribution in [2.45, 2.75) is 52.1 Å². The van der Waals surface area contributed by atoms with Crippen LogP contribution in [-0.2, 0) is 35.3 Å². The van der Waals surface area contributed by atoms with Crippen LogP contribution in [0.1, 0.15) is 44.5 Å². The number of hydrogen-bond acceptors (Lipinski definition) is 8. The third kappa shape index (κ3) is 14.2. The van der Waals surface area contributed by atoms with Crippen molar-refractivity contribution in [3.05, 3.63) is 95.8 Å². The summed E-state index contributed by atoms with van der Waals surface area (Å²) in [5.74, 6) is -6.26. The quantitative estimate of drug-likeness (QED) is 0.0840. The van der Waals surface area contributed by atoms with E-state index in [2.05, 4.69) is 16.0 Å². The molecule has 4 N–H and O–H groups in total. The number of alkyl halides is 4. The first-order chi connectivity index (χ1) is 29.1. The Kier molecular flexibility index (Phi) is 17.4. The SMILES string of the molecule is CC(C)(C)C(c1cc(-c2cc(F)ccc2F)cn1Cc1ccccc1)N(C[C@@H]1CNC[C@@H]1F)C(=O)CSCCC(=O)NCCNC(=O)CN1C(=O)C=CC1=O.O=C(O)C(F)(F)F. The second kappa shape index (κ2) is 21.9. The summed E-state index contributed by atoms with van der Waals surface area (Å²) in [4.78, 5) is 73.6. The van der Waals surface area contributed by atoms with Crippen LogP contribution in [-0.4, -0.2) is 118 Å². The van der Waals surface area contributed by atoms with Gasteiger partial charge in [-0.2, -0.15) is 24.9 Å². The highest BCUT2D eigenvalue weighted by atomic mass is 32.2. The van der Waals surface area contributed by atoms with Crippen LogP contribution in [0.5, 0.6) is 0 Å². The number of nitrogens with one attached hydrogen (secondary N) is 3. The molecule has 5 rings (SSSR count). The van der Waals surface area contributed by atoms with Crippen LogP contribution < -0.4 is 16.0 Å². The molecule has 2 aromatic carbocycles. The van der Waals surface area contributed by atoms with Crippen LogP contribution in [0, 0.1) is 23.0 Å². The number of carboxylic acids is 1. The third-order valence-electron chi connectivity index (χ3n) is 9.70. The molecule has 13 nitrogen and oxygen atoms in total. The minimum Gasteiger partial charge on any atom is -0.475 e. The molecule has 1 saturated heterocycles. The largest absolute Gasteiger partial charge is 0.490 e. The van der Waals surface area contributed by atoms with Gasteiger partial charge in [0.05, 0.1) is 11.8 Å². The highest BCUT2D eigenvalue weighted by Crippen LogP contribution is 2.42. The molecule has 1 unspecified atom stereocenters. The van der Waals surface area contributed by atoms with E-state index in [4.69, 9.17) is 9.90 Å². The van der Waals surface area contributed by atoms with Crippen LogP contribution in [0.25, 0.3) is 11.1 Å². The maximum atomic E-state index is 15.2. The molecule has 0 saturated carbocycles. The zero-order chi connectivity index (χ0) is 45.8. The van der Waals surface area contributed by atoms with Gasteiger partial charge in [0.1, 0.15) is 24.4 Å². The van der Waals surface area contributed by atoms with Gasteiger partial charge in [-0.15, -0.1) is 0 Å². The van der Waals surface area contributed by atoms with Crippen LogP contribution >= 0.6 is 11.8 Å². The second-order valence-electron chi connectivity index (χ2n) is 15.5. The number of amides is 5. The molecule has 0 spiro atoms. The molecule has 2 aliphatic rings. The predicted molar refractivity (Wildman–Crippen MR) is 218 cm³/mol. The van der Waals surface area contributed by atoms with Crippen molar-refractivity contribution in [1.82, 2.24) is 30.3 Å². The smallest absolute Gasteiger partial charge is 0.475 e. The molecule has 3 atom stereocenters. The van der Waals surface area contributed by atoms with Gasteiger partial charge in [-0.05, 0) is 35.2 Å². The zero-order valence-corrected chi connectivity index (χ0v) is 35.0. The number of benzene rings is 2. The van der Waals surface area contributed by atoms with Gasteiger partial charge in [0.25, 0.3) is 11.8 Å². The summed E-state index contributed by atoms with van der Waals surface area (Å²) in [7, 11) is 0. The summed E-state index contributed by atoms with van der Waals surface area (Å²) < 4.78 is 78.4. The van der Waals surface area contributed by atoms with Gasteiger partial charge in [-0.1, -0.05) is 51.1 Å². The Morgan fingerprint density at radius 2 is 1.56 bits per heavy atom. The summed E-state index contributed by atoms with van der Waals surface area (Å²) in [6.07, 6.45) is -2.20. The van der Waals surface area contributed by atoms with Crippen molar-refractivity contribution in [1.29, 1.82) is 0 Å². The summed E-state index contributed by atoms with van der Waals surface area (Å²) in [5.41, 5.74) is 1.60. The average molecular weight is 895 g/mol. The fraction of sp³-hybridized carbons (Fsp3) is 0.429. The number of aromatic nitrogens is 1. The van der Waals surface area contributed by atoms with Crippen LogP contribution in [0.3, 0.4) is 0 Å². The van der Waals surface area contributed by atoms with E-state index in [0.717, 1.165) is 40.8 Å². The Balaban J connectivity index is 0.00000111. The number of hydrogen-bond donors (Lipinski definition) is 4. The molecule has 5 amide bonds. The molecule has 0 bridgehead atoms. The predicted octanol–water partition coefficient (Wildman–Crippen LogP) is 4.87. The minimum atomic E-state index is -5.08. The second-order valence-corrected chi connectivity index (χ2v) is 16.6. The first-order valence-corrected chi connectivity index (χ1v) is 20.6. The lowest BCUT2D eigenvalue weighted by atomic mass is 9.82. The van der Waals surface area contributed by atoms with Crippen molar-refractivity contribution < 1.29 is 60.2 Å². The molecule has 20 heteroatoms. The van der Waals surface area contributed by atoms with E-state index in [1.807, 2.05) is 55.7 Å². The number of thioether (sulfide) groups is 1. The van der Waals surface area contributed by atoms with E-state index in [0.29, 0.717) is 30.1 Å². The first kappa shape index (κ1) is 49.0. The lowest BCUT2D eigenvalue weighted by Gasteiger charge is -2.42. The Labute approximate surface area is 358 Å². The maximum Gasteiger partial charge on any atom is 0.490 e. The minimum absolute atomic E-state index is 0.0145. The lowest BCUT2D eigenvalue weighted by molar-refractivity contribution is -0.192. The number of imide groups is 1. The maximum absolute atomic E-state index is 15.2. The van der Waals surface area contributed by atoms with Gasteiger partial charge in [-0.25, -0.2) is 18.0 Å². The van der Waals surface area contributed by atoms with Gasteiger partial charge in [-0.3, -0.25) is 28.9 Å². The lowest BCUT2D eigenvalue weighted by Crippen LogP contribution is -2.46. The Morgan fingerprint density at radius 1 is 0.935 bits per heavy atom. The number of carbonyl (C=O) groups excluding carboxylic acids is 5. The summed E-state index contributed by atoms with van der Waals surface area (Å²) >= 11 is 1.27. The number of halogens is 6. The van der Waals surface area contributed by atoms with Crippen molar-refractivity contribution in [2.24, 2.45) is 11.3 Å². The number of carboxylic acid groups (broad SMARTS) is 1. The van der Waals surface area contributed by atoms with Gasteiger partial charge >= 0.3 is 12.1 Å². The van der Waals surface area contributed by atoms with Gasteiger partial charge in [0, 0.05) is 92.5 Å². The number of aliphatic carboxylic acids is 1. The third-order valence-corrected chi connectivity index (χ3v) is 10.6. The molecular weight excluding hydrogens is 847 g/mol. The molecular formula is C42H48F6N6O7S. The normalized spacial score (nSPS) is 16.8. The topological polar surface area (TPSA) is 170 Å². The highest BCUT2D eigenvalue weighted by Gasteiger charge is 2.41. The molecule has 1 fully saturated rings. The zero-order valence-electron chi connectivity index (χ0n) is 34.1. The summed E-state index contributed by atoms with van der Waals surface area (Å²) in [6.45, 7) is 6.86. The fourth-order valence-electron chi connectivity index (χ4n) is 6.78. The molecule has 3 heterocycles. The monoisotopic (exact) mass is 894 g/mol. The van der Waals surface area contributed by atoms with E-state index >= 15 is 8.78 Å². The van der Waals surface area contributed by atoms with Crippen molar-refractivity contribution in [3.63, 3.8) is 0 Å². The Hall–Kier alpha value is -5.63. The molecule has 0 radical (unpaired) electrons.